The number of hydrogen-bond acceptors (Lipinski definition) is 3. The van der Waals surface area contributed by atoms with Crippen LogP contribution in [0, 0.1) is 11.3 Å². The van der Waals surface area contributed by atoms with Gasteiger partial charge in [-0.05, 0) is 38.9 Å². The zero-order chi connectivity index (χ0) is 15.7. The Morgan fingerprint density at radius 1 is 1.27 bits per heavy atom. The summed E-state index contributed by atoms with van der Waals surface area (Å²) in [5, 5.41) is 8.22. The van der Waals surface area contributed by atoms with Crippen molar-refractivity contribution in [1.29, 1.82) is 0 Å². The minimum absolute atomic E-state index is 0.203. The Labute approximate surface area is 139 Å². The van der Waals surface area contributed by atoms with Gasteiger partial charge in [0, 0.05) is 41.8 Å². The quantitative estimate of drug-likeness (QED) is 0.616. The number of fused-ring (bicyclic) bond motifs is 1. The molecule has 0 bridgehead atoms. The Bertz CT molecular complexity index is 426. The van der Waals surface area contributed by atoms with Crippen molar-refractivity contribution in [2.75, 3.05) is 19.4 Å². The summed E-state index contributed by atoms with van der Waals surface area (Å²) < 4.78 is 5.90. The highest BCUT2D eigenvalue weighted by molar-refractivity contribution is 7.99. The average molecular weight is 326 g/mol. The standard InChI is InChI=1S/C17H31N3OS/c1-5-18-16(19-11-6-7-12(10-11)22-4)20-14-13-8-9-21-15(13)17(14,2)3/h11-15H,5-10H2,1-4H3,(H2,18,19,20). The molecule has 0 spiro atoms. The lowest BCUT2D eigenvalue weighted by Gasteiger charge is -2.55. The van der Waals surface area contributed by atoms with E-state index in [2.05, 4.69) is 42.7 Å². The van der Waals surface area contributed by atoms with E-state index < -0.39 is 0 Å². The van der Waals surface area contributed by atoms with Gasteiger partial charge in [0.2, 0.25) is 0 Å². The Hall–Kier alpha value is -0.420. The molecule has 0 amide bonds. The first-order valence-corrected chi connectivity index (χ1v) is 10.1. The highest BCUT2D eigenvalue weighted by Gasteiger charge is 2.59. The molecule has 2 saturated carbocycles. The van der Waals surface area contributed by atoms with Crippen LogP contribution in [-0.4, -0.2) is 48.8 Å². The molecule has 3 aliphatic rings. The summed E-state index contributed by atoms with van der Waals surface area (Å²) in [6, 6.07) is 1.06. The van der Waals surface area contributed by atoms with Crippen molar-refractivity contribution < 1.29 is 4.74 Å². The van der Waals surface area contributed by atoms with Crippen molar-refractivity contribution in [3.8, 4) is 0 Å². The molecule has 1 heterocycles. The first-order valence-electron chi connectivity index (χ1n) is 8.78. The average Bonchev–Trinajstić information content (AvgIpc) is 3.12. The van der Waals surface area contributed by atoms with E-state index in [0.717, 1.165) is 24.4 Å². The van der Waals surface area contributed by atoms with Crippen LogP contribution in [-0.2, 0) is 4.74 Å². The largest absolute Gasteiger partial charge is 0.377 e. The normalized spacial score (nSPS) is 40.2. The number of thioether (sulfide) groups is 1. The van der Waals surface area contributed by atoms with Gasteiger partial charge in [-0.3, -0.25) is 4.99 Å². The summed E-state index contributed by atoms with van der Waals surface area (Å²) in [5.74, 6) is 1.67. The van der Waals surface area contributed by atoms with Gasteiger partial charge in [-0.2, -0.15) is 11.8 Å². The second kappa shape index (κ2) is 6.60. The molecule has 5 heteroatoms. The number of rotatable bonds is 4. The van der Waals surface area contributed by atoms with Crippen LogP contribution in [0.25, 0.3) is 0 Å². The lowest BCUT2D eigenvalue weighted by atomic mass is 9.57. The summed E-state index contributed by atoms with van der Waals surface area (Å²) in [4.78, 5) is 4.69. The predicted octanol–water partition coefficient (Wildman–Crippen LogP) is 2.64. The van der Waals surface area contributed by atoms with Gasteiger partial charge < -0.3 is 15.4 Å². The van der Waals surface area contributed by atoms with Crippen molar-refractivity contribution in [1.82, 2.24) is 10.6 Å². The number of aliphatic imine (C=N–C) groups is 1. The van der Waals surface area contributed by atoms with Gasteiger partial charge in [0.25, 0.3) is 0 Å². The lowest BCUT2D eigenvalue weighted by molar-refractivity contribution is -0.106. The molecule has 5 unspecified atom stereocenters. The fourth-order valence-electron chi connectivity index (χ4n) is 4.53. The molecule has 126 valence electrons. The van der Waals surface area contributed by atoms with E-state index in [1.54, 1.807) is 0 Å². The van der Waals surface area contributed by atoms with Crippen LogP contribution in [0.2, 0.25) is 0 Å². The fraction of sp³-hybridized carbons (Fsp3) is 0.941. The summed E-state index contributed by atoms with van der Waals surface area (Å²) in [5.41, 5.74) is 0.203. The van der Waals surface area contributed by atoms with Crippen molar-refractivity contribution >= 4 is 17.7 Å². The van der Waals surface area contributed by atoms with Crippen molar-refractivity contribution in [3.63, 3.8) is 0 Å². The number of guanidine groups is 1. The second-order valence-electron chi connectivity index (χ2n) is 7.52. The topological polar surface area (TPSA) is 45.7 Å². The van der Waals surface area contributed by atoms with Gasteiger partial charge in [-0.15, -0.1) is 0 Å². The molecule has 0 aromatic rings. The Morgan fingerprint density at radius 3 is 2.77 bits per heavy atom. The molecule has 22 heavy (non-hydrogen) atoms. The van der Waals surface area contributed by atoms with Crippen LogP contribution in [0.4, 0.5) is 0 Å². The van der Waals surface area contributed by atoms with Gasteiger partial charge in [0.05, 0.1) is 6.10 Å². The Kier molecular flexibility index (Phi) is 4.93. The SMILES string of the molecule is CCN=C(NC1CCC(SC)C1)NC1C2CCOC2C1(C)C. The van der Waals surface area contributed by atoms with Crippen molar-refractivity contribution in [3.05, 3.63) is 0 Å². The summed E-state index contributed by atoms with van der Waals surface area (Å²) >= 11 is 2.00. The summed E-state index contributed by atoms with van der Waals surface area (Å²) in [7, 11) is 0. The van der Waals surface area contributed by atoms with E-state index >= 15 is 0 Å². The molecule has 2 N–H and O–H groups in total. The zero-order valence-corrected chi connectivity index (χ0v) is 15.2. The minimum atomic E-state index is 0.203. The van der Waals surface area contributed by atoms with E-state index in [9.17, 15) is 0 Å². The predicted molar refractivity (Wildman–Crippen MR) is 94.6 cm³/mol. The van der Waals surface area contributed by atoms with Crippen LogP contribution in [0.15, 0.2) is 4.99 Å². The molecule has 2 aliphatic carbocycles. The van der Waals surface area contributed by atoms with Crippen LogP contribution < -0.4 is 10.6 Å². The molecular formula is C17H31N3OS. The van der Waals surface area contributed by atoms with Crippen LogP contribution in [0.3, 0.4) is 0 Å². The molecule has 5 atom stereocenters. The van der Waals surface area contributed by atoms with Gasteiger partial charge in [-0.1, -0.05) is 13.8 Å². The van der Waals surface area contributed by atoms with Gasteiger partial charge in [0.15, 0.2) is 5.96 Å². The van der Waals surface area contributed by atoms with Gasteiger partial charge in [0.1, 0.15) is 0 Å². The van der Waals surface area contributed by atoms with E-state index in [1.165, 1.54) is 25.7 Å². The van der Waals surface area contributed by atoms with E-state index in [0.29, 0.717) is 24.1 Å². The number of hydrogen-bond donors (Lipinski definition) is 2. The first-order chi connectivity index (χ1) is 10.6. The second-order valence-corrected chi connectivity index (χ2v) is 8.66. The molecule has 0 aromatic heterocycles. The highest BCUT2D eigenvalue weighted by Crippen LogP contribution is 2.52. The smallest absolute Gasteiger partial charge is 0.191 e. The maximum absolute atomic E-state index is 5.90. The zero-order valence-electron chi connectivity index (χ0n) is 14.4. The molecule has 1 saturated heterocycles. The third kappa shape index (κ3) is 2.99. The molecule has 0 radical (unpaired) electrons. The van der Waals surface area contributed by atoms with Crippen LogP contribution in [0.5, 0.6) is 0 Å². The van der Waals surface area contributed by atoms with E-state index in [-0.39, 0.29) is 5.41 Å². The van der Waals surface area contributed by atoms with Crippen LogP contribution >= 0.6 is 11.8 Å². The maximum atomic E-state index is 5.90. The number of nitrogens with zero attached hydrogens (tertiary/aromatic N) is 1. The summed E-state index contributed by atoms with van der Waals surface area (Å²) in [6.45, 7) is 8.49. The molecular weight excluding hydrogens is 294 g/mol. The van der Waals surface area contributed by atoms with Crippen molar-refractivity contribution in [2.24, 2.45) is 16.3 Å². The van der Waals surface area contributed by atoms with E-state index in [4.69, 9.17) is 4.74 Å². The number of ether oxygens (including phenoxy) is 1. The highest BCUT2D eigenvalue weighted by atomic mass is 32.2. The monoisotopic (exact) mass is 325 g/mol. The third-order valence-electron chi connectivity index (χ3n) is 5.77. The Morgan fingerprint density at radius 2 is 2.09 bits per heavy atom. The molecule has 3 rings (SSSR count). The molecule has 0 aromatic carbocycles. The molecule has 3 fully saturated rings. The maximum Gasteiger partial charge on any atom is 0.191 e. The fourth-order valence-corrected chi connectivity index (χ4v) is 5.33. The van der Waals surface area contributed by atoms with Gasteiger partial charge in [-0.25, -0.2) is 0 Å². The number of nitrogens with one attached hydrogen (secondary N) is 2. The molecule has 4 nitrogen and oxygen atoms in total. The van der Waals surface area contributed by atoms with Crippen molar-refractivity contribution in [2.45, 2.75) is 69.9 Å². The first kappa shape index (κ1) is 16.4. The summed E-state index contributed by atoms with van der Waals surface area (Å²) in [6.07, 6.45) is 7.69. The Balaban J connectivity index is 1.59. The minimum Gasteiger partial charge on any atom is -0.377 e. The van der Waals surface area contributed by atoms with E-state index in [1.807, 2.05) is 11.8 Å². The van der Waals surface area contributed by atoms with Crippen LogP contribution in [0.1, 0.15) is 46.5 Å². The molecule has 1 aliphatic heterocycles. The lowest BCUT2D eigenvalue weighted by Crippen LogP contribution is -2.68. The third-order valence-corrected chi connectivity index (χ3v) is 6.86. The van der Waals surface area contributed by atoms with Gasteiger partial charge >= 0.3 is 0 Å².